The lowest BCUT2D eigenvalue weighted by Crippen LogP contribution is -2.17. The second-order valence-electron chi connectivity index (χ2n) is 7.10. The third kappa shape index (κ3) is 3.58. The van der Waals surface area contributed by atoms with Gasteiger partial charge in [0.1, 0.15) is 12.3 Å². The van der Waals surface area contributed by atoms with Gasteiger partial charge in [-0.15, -0.1) is 0 Å². The number of fused-ring (bicyclic) bond motifs is 1. The van der Waals surface area contributed by atoms with Gasteiger partial charge in [0.25, 0.3) is 0 Å². The van der Waals surface area contributed by atoms with Gasteiger partial charge in [0.05, 0.1) is 35.6 Å². The van der Waals surface area contributed by atoms with Crippen LogP contribution in [-0.2, 0) is 6.54 Å². The first kappa shape index (κ1) is 19.8. The molecule has 1 aromatic carbocycles. The minimum Gasteiger partial charge on any atom is -0.496 e. The van der Waals surface area contributed by atoms with Gasteiger partial charge < -0.3 is 9.84 Å². The van der Waals surface area contributed by atoms with E-state index in [0.717, 1.165) is 27.1 Å². The van der Waals surface area contributed by atoms with Crippen molar-refractivity contribution >= 4 is 10.9 Å². The predicted molar refractivity (Wildman–Crippen MR) is 106 cm³/mol. The SMILES string of the molecule is COc1cc(-c2cc(C)c3c(O)n(-c4cnn(CC(F)(F)F)c4)cc3n2)ccc1C. The van der Waals surface area contributed by atoms with Crippen LogP contribution in [0.2, 0.25) is 0 Å². The lowest BCUT2D eigenvalue weighted by molar-refractivity contribution is -0.142. The van der Waals surface area contributed by atoms with Crippen LogP contribution in [0.1, 0.15) is 11.1 Å². The smallest absolute Gasteiger partial charge is 0.408 e. The summed E-state index contributed by atoms with van der Waals surface area (Å²) in [6.07, 6.45) is -0.297. The molecule has 0 unspecified atom stereocenters. The number of aromatic hydroxyl groups is 1. The molecule has 3 heterocycles. The lowest BCUT2D eigenvalue weighted by atomic mass is 10.0. The molecule has 0 aliphatic heterocycles. The van der Waals surface area contributed by atoms with Crippen LogP contribution in [0.25, 0.3) is 27.8 Å². The molecule has 0 atom stereocenters. The van der Waals surface area contributed by atoms with Crippen LogP contribution >= 0.6 is 0 Å². The van der Waals surface area contributed by atoms with E-state index in [9.17, 15) is 18.3 Å². The largest absolute Gasteiger partial charge is 0.496 e. The number of pyridine rings is 1. The van der Waals surface area contributed by atoms with Crippen molar-refractivity contribution in [1.82, 2.24) is 19.3 Å². The number of hydrogen-bond acceptors (Lipinski definition) is 4. The second kappa shape index (κ2) is 7.08. The Labute approximate surface area is 170 Å². The summed E-state index contributed by atoms with van der Waals surface area (Å²) in [6, 6.07) is 7.61. The predicted octanol–water partition coefficient (Wildman–Crippen LogP) is 4.78. The summed E-state index contributed by atoms with van der Waals surface area (Å²) in [4.78, 5) is 4.64. The molecule has 0 fully saturated rings. The van der Waals surface area contributed by atoms with Gasteiger partial charge in [-0.2, -0.15) is 18.3 Å². The Kier molecular flexibility index (Phi) is 4.68. The fourth-order valence-electron chi connectivity index (χ4n) is 3.46. The van der Waals surface area contributed by atoms with Crippen LogP contribution in [0.4, 0.5) is 13.2 Å². The molecule has 30 heavy (non-hydrogen) atoms. The summed E-state index contributed by atoms with van der Waals surface area (Å²) in [5, 5.41) is 15.0. The van der Waals surface area contributed by atoms with Crippen molar-refractivity contribution in [3.05, 3.63) is 54.0 Å². The first-order valence-corrected chi connectivity index (χ1v) is 9.12. The van der Waals surface area contributed by atoms with Crippen molar-refractivity contribution in [2.75, 3.05) is 7.11 Å². The molecule has 0 amide bonds. The van der Waals surface area contributed by atoms with Gasteiger partial charge in [-0.25, -0.2) is 4.98 Å². The normalized spacial score (nSPS) is 11.9. The van der Waals surface area contributed by atoms with Crippen LogP contribution < -0.4 is 4.74 Å². The van der Waals surface area contributed by atoms with Crippen molar-refractivity contribution in [1.29, 1.82) is 0 Å². The molecule has 6 nitrogen and oxygen atoms in total. The Hall–Kier alpha value is -3.49. The molecule has 0 radical (unpaired) electrons. The Balaban J connectivity index is 1.78. The number of ether oxygens (including phenoxy) is 1. The number of hydrogen-bond donors (Lipinski definition) is 1. The monoisotopic (exact) mass is 416 g/mol. The Morgan fingerprint density at radius 2 is 1.87 bits per heavy atom. The van der Waals surface area contributed by atoms with E-state index in [1.165, 1.54) is 17.0 Å². The summed E-state index contributed by atoms with van der Waals surface area (Å²) < 4.78 is 45.3. The Bertz CT molecular complexity index is 1240. The van der Waals surface area contributed by atoms with E-state index in [1.807, 2.05) is 38.1 Å². The lowest BCUT2D eigenvalue weighted by Gasteiger charge is -2.08. The van der Waals surface area contributed by atoms with Crippen LogP contribution in [0.3, 0.4) is 0 Å². The van der Waals surface area contributed by atoms with Crippen molar-refractivity contribution < 1.29 is 23.0 Å². The minimum absolute atomic E-state index is 0.102. The first-order chi connectivity index (χ1) is 14.2. The van der Waals surface area contributed by atoms with Crippen molar-refractivity contribution in [3.8, 4) is 28.6 Å². The molecule has 0 bridgehead atoms. The van der Waals surface area contributed by atoms with Gasteiger partial charge in [-0.05, 0) is 37.1 Å². The summed E-state index contributed by atoms with van der Waals surface area (Å²) in [5.41, 5.74) is 4.17. The zero-order valence-corrected chi connectivity index (χ0v) is 16.5. The molecule has 4 rings (SSSR count). The first-order valence-electron chi connectivity index (χ1n) is 9.12. The summed E-state index contributed by atoms with van der Waals surface area (Å²) in [7, 11) is 1.60. The van der Waals surface area contributed by atoms with Crippen molar-refractivity contribution in [3.63, 3.8) is 0 Å². The van der Waals surface area contributed by atoms with Crippen molar-refractivity contribution in [2.24, 2.45) is 0 Å². The molecule has 0 saturated heterocycles. The van der Waals surface area contributed by atoms with E-state index in [-0.39, 0.29) is 5.88 Å². The maximum absolute atomic E-state index is 12.6. The molecular formula is C21H19F3N4O2. The zero-order chi connectivity index (χ0) is 21.6. The van der Waals surface area contributed by atoms with Crippen LogP contribution in [0.15, 0.2) is 42.9 Å². The van der Waals surface area contributed by atoms with E-state index >= 15 is 0 Å². The van der Waals surface area contributed by atoms with Crippen LogP contribution in [0.5, 0.6) is 11.6 Å². The van der Waals surface area contributed by atoms with Gasteiger partial charge >= 0.3 is 6.18 Å². The van der Waals surface area contributed by atoms with Crippen molar-refractivity contribution in [2.45, 2.75) is 26.6 Å². The number of alkyl halides is 3. The highest BCUT2D eigenvalue weighted by Crippen LogP contribution is 2.35. The molecule has 1 N–H and O–H groups in total. The van der Waals surface area contributed by atoms with Gasteiger partial charge in [-0.3, -0.25) is 9.25 Å². The number of methoxy groups -OCH3 is 1. The number of aryl methyl sites for hydroxylation is 2. The number of halogens is 3. The third-order valence-corrected chi connectivity index (χ3v) is 4.89. The molecule has 4 aromatic rings. The Morgan fingerprint density at radius 1 is 1.10 bits per heavy atom. The number of benzene rings is 1. The topological polar surface area (TPSA) is 65.1 Å². The molecule has 3 aromatic heterocycles. The molecule has 0 saturated carbocycles. The Morgan fingerprint density at radius 3 is 2.57 bits per heavy atom. The summed E-state index contributed by atoms with van der Waals surface area (Å²) in [5.74, 6) is 0.638. The second-order valence-corrected chi connectivity index (χ2v) is 7.10. The van der Waals surface area contributed by atoms with E-state index in [2.05, 4.69) is 10.1 Å². The van der Waals surface area contributed by atoms with E-state index < -0.39 is 12.7 Å². The molecule has 0 aliphatic carbocycles. The molecule has 0 spiro atoms. The van der Waals surface area contributed by atoms with Gasteiger partial charge in [0.2, 0.25) is 5.88 Å². The zero-order valence-electron chi connectivity index (χ0n) is 16.5. The van der Waals surface area contributed by atoms with E-state index in [0.29, 0.717) is 22.3 Å². The number of rotatable bonds is 4. The molecule has 9 heteroatoms. The fraction of sp³-hybridized carbons (Fsp3) is 0.238. The van der Waals surface area contributed by atoms with E-state index in [4.69, 9.17) is 4.74 Å². The maximum atomic E-state index is 12.6. The third-order valence-electron chi connectivity index (χ3n) is 4.89. The van der Waals surface area contributed by atoms with Gasteiger partial charge in [-0.1, -0.05) is 12.1 Å². The van der Waals surface area contributed by atoms with Crippen LogP contribution in [0, 0.1) is 13.8 Å². The highest BCUT2D eigenvalue weighted by molar-refractivity contribution is 5.90. The molecule has 156 valence electrons. The van der Waals surface area contributed by atoms with Gasteiger partial charge in [0.15, 0.2) is 0 Å². The summed E-state index contributed by atoms with van der Waals surface area (Å²) in [6.45, 7) is 2.59. The average molecular weight is 416 g/mol. The van der Waals surface area contributed by atoms with Crippen LogP contribution in [-0.4, -0.2) is 37.7 Å². The quantitative estimate of drug-likeness (QED) is 0.520. The van der Waals surface area contributed by atoms with E-state index in [1.54, 1.807) is 13.3 Å². The highest BCUT2D eigenvalue weighted by Gasteiger charge is 2.28. The number of aromatic nitrogens is 4. The fourth-order valence-corrected chi connectivity index (χ4v) is 3.46. The van der Waals surface area contributed by atoms with Gasteiger partial charge in [0, 0.05) is 18.0 Å². The standard InChI is InChI=1S/C21H19F3N4O2/c1-12-4-5-14(7-18(12)30-3)16-6-13(2)19-17(26-16)10-28(20(19)29)15-8-25-27(9-15)11-21(22,23)24/h4-10,29H,11H2,1-3H3. The summed E-state index contributed by atoms with van der Waals surface area (Å²) >= 11 is 0. The maximum Gasteiger partial charge on any atom is 0.408 e. The highest BCUT2D eigenvalue weighted by atomic mass is 19.4. The average Bonchev–Trinajstić information content (AvgIpc) is 3.25. The molecule has 0 aliphatic rings. The molecular weight excluding hydrogens is 397 g/mol. The number of nitrogens with zero attached hydrogens (tertiary/aromatic N) is 4. The minimum atomic E-state index is -4.38.